The van der Waals surface area contributed by atoms with Gasteiger partial charge in [0.2, 0.25) is 11.7 Å². The largest absolute Gasteiger partial charge is 0.449 e. The van der Waals surface area contributed by atoms with Gasteiger partial charge in [0.1, 0.15) is 6.54 Å². The molecular weight excluding hydrogens is 399 g/mol. The minimum atomic E-state index is -4.72. The Morgan fingerprint density at radius 2 is 1.70 bits per heavy atom. The van der Waals surface area contributed by atoms with E-state index in [-0.39, 0.29) is 17.5 Å². The summed E-state index contributed by atoms with van der Waals surface area (Å²) in [7, 11) is 0. The lowest BCUT2D eigenvalue weighted by Gasteiger charge is -2.12. The summed E-state index contributed by atoms with van der Waals surface area (Å²) in [6, 6.07) is 13.4. The standard InChI is InChI=1S/C20H16F3N5O2/c21-20(22,23)19-25-15-7-3-4-8-16(15)28(19)11-18(30)27-26-17(29)9-12-10-24-14-6-2-1-5-13(12)14/h1-8,10,24H,9,11H2,(H,26,29)(H,27,30). The van der Waals surface area contributed by atoms with E-state index in [0.717, 1.165) is 21.0 Å². The van der Waals surface area contributed by atoms with E-state index in [1.165, 1.54) is 12.1 Å². The molecule has 0 bridgehead atoms. The maximum absolute atomic E-state index is 13.3. The lowest BCUT2D eigenvalue weighted by Crippen LogP contribution is -2.44. The Labute approximate surface area is 167 Å². The van der Waals surface area contributed by atoms with E-state index in [1.54, 1.807) is 18.3 Å². The van der Waals surface area contributed by atoms with Gasteiger partial charge in [-0.25, -0.2) is 4.98 Å². The average Bonchev–Trinajstić information content (AvgIpc) is 3.28. The van der Waals surface area contributed by atoms with Gasteiger partial charge in [0.05, 0.1) is 17.5 Å². The molecule has 3 N–H and O–H groups in total. The molecule has 0 saturated heterocycles. The van der Waals surface area contributed by atoms with E-state index in [1.807, 2.05) is 24.3 Å². The summed E-state index contributed by atoms with van der Waals surface area (Å²) < 4.78 is 40.7. The first kappa shape index (κ1) is 19.5. The van der Waals surface area contributed by atoms with Crippen LogP contribution in [0.1, 0.15) is 11.4 Å². The van der Waals surface area contributed by atoms with Gasteiger partial charge in [-0.3, -0.25) is 20.4 Å². The van der Waals surface area contributed by atoms with Crippen molar-refractivity contribution in [1.29, 1.82) is 0 Å². The van der Waals surface area contributed by atoms with E-state index in [9.17, 15) is 22.8 Å². The number of hydrazine groups is 1. The molecule has 0 saturated carbocycles. The number of nitrogens with one attached hydrogen (secondary N) is 3. The SMILES string of the molecule is O=C(Cc1c[nH]c2ccccc12)NNC(=O)Cn1c(C(F)(F)F)nc2ccccc21. The molecule has 0 radical (unpaired) electrons. The summed E-state index contributed by atoms with van der Waals surface area (Å²) in [4.78, 5) is 31.0. The Hall–Kier alpha value is -3.82. The summed E-state index contributed by atoms with van der Waals surface area (Å²) in [6.07, 6.45) is -3.04. The maximum atomic E-state index is 13.3. The third kappa shape index (κ3) is 3.84. The van der Waals surface area contributed by atoms with Crippen molar-refractivity contribution in [2.75, 3.05) is 0 Å². The molecule has 30 heavy (non-hydrogen) atoms. The fourth-order valence-corrected chi connectivity index (χ4v) is 3.27. The van der Waals surface area contributed by atoms with E-state index < -0.39 is 30.4 Å². The van der Waals surface area contributed by atoms with Gasteiger partial charge in [-0.15, -0.1) is 0 Å². The fourth-order valence-electron chi connectivity index (χ4n) is 3.27. The summed E-state index contributed by atoms with van der Waals surface area (Å²) in [6.45, 7) is -0.650. The van der Waals surface area contributed by atoms with Gasteiger partial charge in [0.25, 0.3) is 5.91 Å². The maximum Gasteiger partial charge on any atom is 0.449 e. The molecule has 0 aliphatic heterocycles. The molecule has 2 aromatic heterocycles. The molecule has 0 spiro atoms. The third-order valence-corrected chi connectivity index (χ3v) is 4.58. The first-order valence-corrected chi connectivity index (χ1v) is 8.98. The number of imidazole rings is 1. The van der Waals surface area contributed by atoms with Crippen LogP contribution in [0.4, 0.5) is 13.2 Å². The van der Waals surface area contributed by atoms with Crippen molar-refractivity contribution in [1.82, 2.24) is 25.4 Å². The molecule has 4 rings (SSSR count). The first-order chi connectivity index (χ1) is 14.3. The molecule has 0 aliphatic carbocycles. The molecule has 2 heterocycles. The topological polar surface area (TPSA) is 91.8 Å². The highest BCUT2D eigenvalue weighted by molar-refractivity contribution is 5.90. The van der Waals surface area contributed by atoms with Crippen molar-refractivity contribution in [2.24, 2.45) is 0 Å². The van der Waals surface area contributed by atoms with Crippen molar-refractivity contribution in [3.8, 4) is 0 Å². The van der Waals surface area contributed by atoms with Crippen LogP contribution in [0.2, 0.25) is 0 Å². The number of rotatable bonds is 4. The third-order valence-electron chi connectivity index (χ3n) is 4.58. The zero-order valence-corrected chi connectivity index (χ0v) is 15.5. The van der Waals surface area contributed by atoms with Crippen LogP contribution >= 0.6 is 0 Å². The molecule has 0 fully saturated rings. The zero-order valence-electron chi connectivity index (χ0n) is 15.5. The number of halogens is 3. The van der Waals surface area contributed by atoms with Gasteiger partial charge in [-0.05, 0) is 23.8 Å². The molecule has 4 aromatic rings. The quantitative estimate of drug-likeness (QED) is 0.448. The Kier molecular flexibility index (Phi) is 4.90. The fraction of sp³-hybridized carbons (Fsp3) is 0.150. The summed E-state index contributed by atoms with van der Waals surface area (Å²) in [5.74, 6) is -2.49. The van der Waals surface area contributed by atoms with Crippen molar-refractivity contribution in [2.45, 2.75) is 19.1 Å². The van der Waals surface area contributed by atoms with Gasteiger partial charge in [0, 0.05) is 17.1 Å². The molecule has 154 valence electrons. The van der Waals surface area contributed by atoms with Crippen LogP contribution in [0.25, 0.3) is 21.9 Å². The lowest BCUT2D eigenvalue weighted by molar-refractivity contribution is -0.147. The second kappa shape index (κ2) is 7.54. The van der Waals surface area contributed by atoms with Gasteiger partial charge in [-0.2, -0.15) is 13.2 Å². The number of H-pyrrole nitrogens is 1. The molecule has 10 heteroatoms. The molecule has 0 aliphatic rings. The van der Waals surface area contributed by atoms with E-state index in [0.29, 0.717) is 0 Å². The summed E-state index contributed by atoms with van der Waals surface area (Å²) in [5.41, 5.74) is 6.30. The Bertz CT molecular complexity index is 1240. The highest BCUT2D eigenvalue weighted by Gasteiger charge is 2.38. The number of amides is 2. The number of para-hydroxylation sites is 3. The number of carbonyl (C=O) groups is 2. The Balaban J connectivity index is 1.43. The Morgan fingerprint density at radius 3 is 2.50 bits per heavy atom. The minimum Gasteiger partial charge on any atom is -0.361 e. The number of nitrogens with zero attached hydrogens (tertiary/aromatic N) is 2. The predicted molar refractivity (Wildman–Crippen MR) is 103 cm³/mol. The van der Waals surface area contributed by atoms with Crippen molar-refractivity contribution in [3.63, 3.8) is 0 Å². The lowest BCUT2D eigenvalue weighted by atomic mass is 10.1. The van der Waals surface area contributed by atoms with E-state index in [4.69, 9.17) is 0 Å². The van der Waals surface area contributed by atoms with Crippen LogP contribution < -0.4 is 10.9 Å². The predicted octanol–water partition coefficient (Wildman–Crippen LogP) is 2.93. The van der Waals surface area contributed by atoms with Gasteiger partial charge >= 0.3 is 6.18 Å². The summed E-state index contributed by atoms with van der Waals surface area (Å²) in [5, 5.41) is 0.874. The number of benzene rings is 2. The molecule has 0 unspecified atom stereocenters. The number of aromatic amines is 1. The van der Waals surface area contributed by atoms with Gasteiger partial charge in [0.15, 0.2) is 0 Å². The van der Waals surface area contributed by atoms with E-state index >= 15 is 0 Å². The van der Waals surface area contributed by atoms with Crippen molar-refractivity contribution < 1.29 is 22.8 Å². The van der Waals surface area contributed by atoms with Gasteiger partial charge < -0.3 is 9.55 Å². The average molecular weight is 415 g/mol. The zero-order chi connectivity index (χ0) is 21.3. The number of fused-ring (bicyclic) bond motifs is 2. The number of hydrogen-bond donors (Lipinski definition) is 3. The number of carbonyl (C=O) groups excluding carboxylic acids is 2. The van der Waals surface area contributed by atoms with Crippen LogP contribution in [0.15, 0.2) is 54.7 Å². The second-order valence-electron chi connectivity index (χ2n) is 6.64. The molecule has 2 amide bonds. The van der Waals surface area contributed by atoms with Crippen LogP contribution in [-0.4, -0.2) is 26.3 Å². The molecule has 0 atom stereocenters. The monoisotopic (exact) mass is 415 g/mol. The van der Waals surface area contributed by atoms with Crippen molar-refractivity contribution in [3.05, 3.63) is 66.1 Å². The number of aromatic nitrogens is 3. The number of alkyl halides is 3. The second-order valence-corrected chi connectivity index (χ2v) is 6.64. The molecule has 7 nitrogen and oxygen atoms in total. The van der Waals surface area contributed by atoms with Gasteiger partial charge in [-0.1, -0.05) is 30.3 Å². The molecule has 2 aromatic carbocycles. The highest BCUT2D eigenvalue weighted by atomic mass is 19.4. The van der Waals surface area contributed by atoms with Crippen LogP contribution in [0, 0.1) is 0 Å². The highest BCUT2D eigenvalue weighted by Crippen LogP contribution is 2.31. The smallest absolute Gasteiger partial charge is 0.361 e. The van der Waals surface area contributed by atoms with Crippen LogP contribution in [0.3, 0.4) is 0 Å². The van der Waals surface area contributed by atoms with E-state index in [2.05, 4.69) is 20.8 Å². The first-order valence-electron chi connectivity index (χ1n) is 8.98. The number of hydrogen-bond acceptors (Lipinski definition) is 3. The van der Waals surface area contributed by atoms with Crippen molar-refractivity contribution >= 4 is 33.8 Å². The van der Waals surface area contributed by atoms with Crippen LogP contribution in [0.5, 0.6) is 0 Å². The Morgan fingerprint density at radius 1 is 1.00 bits per heavy atom. The van der Waals surface area contributed by atoms with Crippen LogP contribution in [-0.2, 0) is 28.7 Å². The minimum absolute atomic E-state index is 0.00784. The normalized spacial score (nSPS) is 11.7. The molecular formula is C20H16F3N5O2. The summed E-state index contributed by atoms with van der Waals surface area (Å²) >= 11 is 0.